The van der Waals surface area contributed by atoms with Crippen LogP contribution in [0, 0.1) is 5.41 Å². The SMILES string of the molecule is CCCCN(CC(N)=O)CC(C)(C)C(=O)O. The molecule has 0 spiro atoms. The average molecular weight is 230 g/mol. The lowest BCUT2D eigenvalue weighted by atomic mass is 9.93. The maximum absolute atomic E-state index is 11.0. The number of rotatable bonds is 8. The predicted molar refractivity (Wildman–Crippen MR) is 62.0 cm³/mol. The van der Waals surface area contributed by atoms with Crippen molar-refractivity contribution in [3.63, 3.8) is 0 Å². The molecule has 94 valence electrons. The first-order valence-electron chi connectivity index (χ1n) is 5.53. The monoisotopic (exact) mass is 230 g/mol. The maximum atomic E-state index is 11.0. The topological polar surface area (TPSA) is 83.6 Å². The van der Waals surface area contributed by atoms with Crippen LogP contribution in [-0.4, -0.2) is 41.5 Å². The average Bonchev–Trinajstić information content (AvgIpc) is 2.12. The number of carboxylic acid groups (broad SMARTS) is 1. The summed E-state index contributed by atoms with van der Waals surface area (Å²) in [7, 11) is 0. The van der Waals surface area contributed by atoms with Gasteiger partial charge in [-0.25, -0.2) is 0 Å². The second kappa shape index (κ2) is 6.48. The quantitative estimate of drug-likeness (QED) is 0.642. The summed E-state index contributed by atoms with van der Waals surface area (Å²) >= 11 is 0. The van der Waals surface area contributed by atoms with Crippen molar-refractivity contribution in [1.82, 2.24) is 4.90 Å². The van der Waals surface area contributed by atoms with E-state index in [0.717, 1.165) is 12.8 Å². The molecule has 1 amide bonds. The zero-order valence-corrected chi connectivity index (χ0v) is 10.3. The molecule has 0 aromatic heterocycles. The molecule has 0 rings (SSSR count). The molecule has 0 aliphatic heterocycles. The minimum atomic E-state index is -0.863. The van der Waals surface area contributed by atoms with Gasteiger partial charge in [-0.1, -0.05) is 13.3 Å². The summed E-state index contributed by atoms with van der Waals surface area (Å²) < 4.78 is 0. The van der Waals surface area contributed by atoms with E-state index >= 15 is 0 Å². The fourth-order valence-electron chi connectivity index (χ4n) is 1.44. The largest absolute Gasteiger partial charge is 0.481 e. The molecule has 0 aromatic carbocycles. The number of aliphatic carboxylic acids is 1. The van der Waals surface area contributed by atoms with Crippen LogP contribution in [0.25, 0.3) is 0 Å². The third-order valence-corrected chi connectivity index (χ3v) is 2.41. The molecule has 5 nitrogen and oxygen atoms in total. The van der Waals surface area contributed by atoms with Gasteiger partial charge in [-0.15, -0.1) is 0 Å². The van der Waals surface area contributed by atoms with Crippen molar-refractivity contribution in [2.24, 2.45) is 11.1 Å². The highest BCUT2D eigenvalue weighted by molar-refractivity contribution is 5.76. The van der Waals surface area contributed by atoms with E-state index in [9.17, 15) is 9.59 Å². The van der Waals surface area contributed by atoms with Crippen LogP contribution in [0.2, 0.25) is 0 Å². The summed E-state index contributed by atoms with van der Waals surface area (Å²) in [5.74, 6) is -1.28. The number of carboxylic acids is 1. The predicted octanol–water partition coefficient (Wildman–Crippen LogP) is 0.685. The van der Waals surface area contributed by atoms with Gasteiger partial charge in [0, 0.05) is 6.54 Å². The summed E-state index contributed by atoms with van der Waals surface area (Å²) in [6.07, 6.45) is 1.94. The van der Waals surface area contributed by atoms with Gasteiger partial charge < -0.3 is 10.8 Å². The Morgan fingerprint density at radius 3 is 2.31 bits per heavy atom. The van der Waals surface area contributed by atoms with Gasteiger partial charge >= 0.3 is 5.97 Å². The van der Waals surface area contributed by atoms with Gasteiger partial charge in [-0.05, 0) is 26.8 Å². The normalized spacial score (nSPS) is 11.8. The van der Waals surface area contributed by atoms with E-state index in [1.165, 1.54) is 0 Å². The lowest BCUT2D eigenvalue weighted by Crippen LogP contribution is -2.43. The number of unbranched alkanes of at least 4 members (excludes halogenated alkanes) is 1. The summed E-state index contributed by atoms with van der Waals surface area (Å²) in [5, 5.41) is 9.01. The van der Waals surface area contributed by atoms with Crippen LogP contribution in [-0.2, 0) is 9.59 Å². The summed E-state index contributed by atoms with van der Waals surface area (Å²) in [4.78, 5) is 23.6. The first kappa shape index (κ1) is 14.9. The third kappa shape index (κ3) is 5.70. The van der Waals surface area contributed by atoms with Gasteiger partial charge in [0.05, 0.1) is 12.0 Å². The Hall–Kier alpha value is -1.10. The molecule has 0 unspecified atom stereocenters. The highest BCUT2D eigenvalue weighted by Gasteiger charge is 2.29. The standard InChI is InChI=1S/C11H22N2O3/c1-4-5-6-13(7-9(12)14)8-11(2,3)10(15)16/h4-8H2,1-3H3,(H2,12,14)(H,15,16). The molecule has 0 saturated heterocycles. The Labute approximate surface area is 96.6 Å². The zero-order valence-electron chi connectivity index (χ0n) is 10.3. The molecule has 0 aliphatic carbocycles. The van der Waals surface area contributed by atoms with Crippen molar-refractivity contribution in [2.45, 2.75) is 33.6 Å². The number of hydrogen-bond donors (Lipinski definition) is 2. The molecule has 0 bridgehead atoms. The molecule has 0 saturated carbocycles. The smallest absolute Gasteiger partial charge is 0.310 e. The number of carbonyl (C=O) groups excluding carboxylic acids is 1. The lowest BCUT2D eigenvalue weighted by Gasteiger charge is -2.28. The first-order chi connectivity index (χ1) is 7.29. The molecule has 0 aromatic rings. The molecular weight excluding hydrogens is 208 g/mol. The molecule has 16 heavy (non-hydrogen) atoms. The second-order valence-electron chi connectivity index (χ2n) is 4.72. The van der Waals surface area contributed by atoms with Crippen LogP contribution in [0.1, 0.15) is 33.6 Å². The van der Waals surface area contributed by atoms with E-state index in [4.69, 9.17) is 10.8 Å². The van der Waals surface area contributed by atoms with Gasteiger partial charge in [0.1, 0.15) is 0 Å². The van der Waals surface area contributed by atoms with E-state index in [0.29, 0.717) is 13.1 Å². The number of hydrogen-bond acceptors (Lipinski definition) is 3. The Morgan fingerprint density at radius 2 is 1.94 bits per heavy atom. The van der Waals surface area contributed by atoms with Crippen molar-refractivity contribution < 1.29 is 14.7 Å². The Bertz CT molecular complexity index is 252. The highest BCUT2D eigenvalue weighted by atomic mass is 16.4. The fraction of sp³-hybridized carbons (Fsp3) is 0.818. The molecule has 0 atom stereocenters. The molecule has 5 heteroatoms. The van der Waals surface area contributed by atoms with Crippen LogP contribution in [0.3, 0.4) is 0 Å². The first-order valence-corrected chi connectivity index (χ1v) is 5.53. The van der Waals surface area contributed by atoms with Crippen LogP contribution in [0.15, 0.2) is 0 Å². The van der Waals surface area contributed by atoms with E-state index in [1.54, 1.807) is 18.7 Å². The summed E-state index contributed by atoms with van der Waals surface area (Å²) in [6.45, 7) is 6.51. The molecule has 0 fully saturated rings. The van der Waals surface area contributed by atoms with E-state index in [1.807, 2.05) is 6.92 Å². The Morgan fingerprint density at radius 1 is 1.38 bits per heavy atom. The van der Waals surface area contributed by atoms with Crippen molar-refractivity contribution in [3.8, 4) is 0 Å². The Balaban J connectivity index is 4.40. The van der Waals surface area contributed by atoms with E-state index in [2.05, 4.69) is 0 Å². The Kier molecular flexibility index (Phi) is 6.03. The van der Waals surface area contributed by atoms with Gasteiger partial charge in [-0.3, -0.25) is 14.5 Å². The molecule has 0 radical (unpaired) electrons. The minimum Gasteiger partial charge on any atom is -0.481 e. The van der Waals surface area contributed by atoms with E-state index in [-0.39, 0.29) is 6.54 Å². The van der Waals surface area contributed by atoms with Gasteiger partial charge in [0.25, 0.3) is 0 Å². The molecule has 0 heterocycles. The summed E-state index contributed by atoms with van der Waals surface area (Å²) in [5.41, 5.74) is 4.27. The minimum absolute atomic E-state index is 0.122. The van der Waals surface area contributed by atoms with Crippen molar-refractivity contribution >= 4 is 11.9 Å². The number of carbonyl (C=O) groups is 2. The fourth-order valence-corrected chi connectivity index (χ4v) is 1.44. The van der Waals surface area contributed by atoms with Crippen molar-refractivity contribution in [2.75, 3.05) is 19.6 Å². The molecule has 3 N–H and O–H groups in total. The van der Waals surface area contributed by atoms with Gasteiger partial charge in [0.15, 0.2) is 0 Å². The third-order valence-electron chi connectivity index (χ3n) is 2.41. The zero-order chi connectivity index (χ0) is 12.8. The van der Waals surface area contributed by atoms with Gasteiger partial charge in [-0.2, -0.15) is 0 Å². The van der Waals surface area contributed by atoms with Crippen molar-refractivity contribution in [1.29, 1.82) is 0 Å². The summed E-state index contributed by atoms with van der Waals surface area (Å²) in [6, 6.07) is 0. The van der Waals surface area contributed by atoms with Gasteiger partial charge in [0.2, 0.25) is 5.91 Å². The van der Waals surface area contributed by atoms with Crippen LogP contribution in [0.5, 0.6) is 0 Å². The number of nitrogens with two attached hydrogens (primary N) is 1. The van der Waals surface area contributed by atoms with Crippen molar-refractivity contribution in [3.05, 3.63) is 0 Å². The lowest BCUT2D eigenvalue weighted by molar-refractivity contribution is -0.148. The van der Waals surface area contributed by atoms with Crippen LogP contribution < -0.4 is 5.73 Å². The van der Waals surface area contributed by atoms with Crippen LogP contribution in [0.4, 0.5) is 0 Å². The number of nitrogens with zero attached hydrogens (tertiary/aromatic N) is 1. The van der Waals surface area contributed by atoms with Crippen LogP contribution >= 0.6 is 0 Å². The maximum Gasteiger partial charge on any atom is 0.310 e. The molecule has 0 aliphatic rings. The molecular formula is C11H22N2O3. The number of amides is 1. The highest BCUT2D eigenvalue weighted by Crippen LogP contribution is 2.17. The number of primary amides is 1. The second-order valence-corrected chi connectivity index (χ2v) is 4.72. The van der Waals surface area contributed by atoms with E-state index < -0.39 is 17.3 Å².